The Morgan fingerprint density at radius 2 is 1.96 bits per heavy atom. The van der Waals surface area contributed by atoms with Crippen molar-refractivity contribution in [3.63, 3.8) is 0 Å². The number of carbonyl (C=O) groups is 1. The van der Waals surface area contributed by atoms with Crippen LogP contribution in [-0.4, -0.2) is 16.5 Å². The van der Waals surface area contributed by atoms with Gasteiger partial charge in [0.05, 0.1) is 5.60 Å². The second-order valence-corrected chi connectivity index (χ2v) is 9.48. The van der Waals surface area contributed by atoms with Crippen LogP contribution in [0.1, 0.15) is 72.1 Å². The molecule has 0 amide bonds. The molecule has 23 heavy (non-hydrogen) atoms. The minimum atomic E-state index is -0.501. The van der Waals surface area contributed by atoms with Crippen molar-refractivity contribution in [3.8, 4) is 0 Å². The average Bonchev–Trinajstić information content (AvgIpc) is 2.47. The van der Waals surface area contributed by atoms with Crippen LogP contribution in [0.4, 0.5) is 0 Å². The fourth-order valence-corrected chi connectivity index (χ4v) is 7.06. The topological polar surface area (TPSA) is 37.3 Å². The van der Waals surface area contributed by atoms with Crippen molar-refractivity contribution in [2.75, 3.05) is 0 Å². The van der Waals surface area contributed by atoms with E-state index in [4.69, 9.17) is 0 Å². The summed E-state index contributed by atoms with van der Waals surface area (Å²) in [5.41, 5.74) is 1.05. The van der Waals surface area contributed by atoms with Crippen LogP contribution in [0.15, 0.2) is 11.6 Å². The van der Waals surface area contributed by atoms with Crippen LogP contribution in [0.3, 0.4) is 0 Å². The summed E-state index contributed by atoms with van der Waals surface area (Å²) in [5, 5.41) is 11.1. The Labute approximate surface area is 140 Å². The van der Waals surface area contributed by atoms with Gasteiger partial charge in [-0.15, -0.1) is 0 Å². The van der Waals surface area contributed by atoms with Crippen LogP contribution < -0.4 is 0 Å². The van der Waals surface area contributed by atoms with Crippen LogP contribution in [0, 0.1) is 35.0 Å². The van der Waals surface area contributed by atoms with Gasteiger partial charge in [0, 0.05) is 6.42 Å². The van der Waals surface area contributed by atoms with Crippen molar-refractivity contribution in [2.45, 2.75) is 77.7 Å². The van der Waals surface area contributed by atoms with Crippen molar-refractivity contribution in [1.29, 1.82) is 0 Å². The molecular formula is C21H32O2. The lowest BCUT2D eigenvalue weighted by Crippen LogP contribution is -2.59. The predicted molar refractivity (Wildman–Crippen MR) is 91.9 cm³/mol. The first-order chi connectivity index (χ1) is 10.8. The first kappa shape index (κ1) is 15.9. The predicted octanol–water partition coefficient (Wildman–Crippen LogP) is 4.52. The Kier molecular flexibility index (Phi) is 3.58. The Balaban J connectivity index is 1.69. The smallest absolute Gasteiger partial charge is 0.155 e. The van der Waals surface area contributed by atoms with E-state index < -0.39 is 5.60 Å². The third-order valence-electron chi connectivity index (χ3n) is 8.44. The number of fused-ring (bicyclic) bond motifs is 5. The second-order valence-electron chi connectivity index (χ2n) is 9.48. The molecule has 0 spiro atoms. The van der Waals surface area contributed by atoms with Gasteiger partial charge < -0.3 is 5.11 Å². The molecule has 3 saturated carbocycles. The van der Waals surface area contributed by atoms with E-state index in [1.165, 1.54) is 24.8 Å². The van der Waals surface area contributed by atoms with Crippen LogP contribution in [0.25, 0.3) is 0 Å². The number of carbonyl (C=O) groups excluding carboxylic acids is 1. The Morgan fingerprint density at radius 1 is 1.17 bits per heavy atom. The van der Waals surface area contributed by atoms with Crippen molar-refractivity contribution in [1.82, 2.24) is 0 Å². The molecule has 4 aliphatic rings. The minimum Gasteiger partial charge on any atom is -0.390 e. The first-order valence-corrected chi connectivity index (χ1v) is 9.79. The summed E-state index contributed by atoms with van der Waals surface area (Å²) >= 11 is 0. The van der Waals surface area contributed by atoms with Gasteiger partial charge in [0.25, 0.3) is 0 Å². The number of ketones is 1. The summed E-state index contributed by atoms with van der Waals surface area (Å²) in [6, 6.07) is 0. The molecule has 4 rings (SSSR count). The lowest BCUT2D eigenvalue weighted by molar-refractivity contribution is -0.182. The van der Waals surface area contributed by atoms with Crippen molar-refractivity contribution < 1.29 is 9.90 Å². The summed E-state index contributed by atoms with van der Waals surface area (Å²) in [6.45, 7) is 6.87. The van der Waals surface area contributed by atoms with Crippen LogP contribution in [0.2, 0.25) is 0 Å². The van der Waals surface area contributed by atoms with Crippen LogP contribution in [0.5, 0.6) is 0 Å². The molecule has 0 aromatic carbocycles. The van der Waals surface area contributed by atoms with E-state index in [0.717, 1.165) is 43.9 Å². The molecule has 0 aromatic heterocycles. The van der Waals surface area contributed by atoms with Crippen molar-refractivity contribution >= 4 is 5.78 Å². The van der Waals surface area contributed by atoms with Gasteiger partial charge in [0.2, 0.25) is 0 Å². The average molecular weight is 316 g/mol. The quantitative estimate of drug-likeness (QED) is 0.713. The Hall–Kier alpha value is -0.630. The van der Waals surface area contributed by atoms with Crippen molar-refractivity contribution in [3.05, 3.63) is 11.6 Å². The molecule has 3 fully saturated rings. The van der Waals surface area contributed by atoms with Crippen LogP contribution >= 0.6 is 0 Å². The highest BCUT2D eigenvalue weighted by Gasteiger charge is 2.59. The third kappa shape index (κ3) is 2.20. The minimum absolute atomic E-state index is 0.0897. The molecule has 4 aliphatic carbocycles. The van der Waals surface area contributed by atoms with Gasteiger partial charge in [-0.25, -0.2) is 0 Å². The van der Waals surface area contributed by atoms with Gasteiger partial charge in [-0.3, -0.25) is 4.79 Å². The molecule has 2 nitrogen and oxygen atoms in total. The van der Waals surface area contributed by atoms with Gasteiger partial charge >= 0.3 is 0 Å². The van der Waals surface area contributed by atoms with E-state index in [0.29, 0.717) is 23.5 Å². The van der Waals surface area contributed by atoms with Crippen LogP contribution in [-0.2, 0) is 4.79 Å². The first-order valence-electron chi connectivity index (χ1n) is 9.79. The highest BCUT2D eigenvalue weighted by atomic mass is 16.3. The molecule has 0 aromatic rings. The maximum Gasteiger partial charge on any atom is 0.155 e. The van der Waals surface area contributed by atoms with Gasteiger partial charge in [0.15, 0.2) is 5.78 Å². The number of hydrogen-bond donors (Lipinski definition) is 1. The van der Waals surface area contributed by atoms with Gasteiger partial charge in [0.1, 0.15) is 0 Å². The lowest BCUT2D eigenvalue weighted by Gasteiger charge is -2.62. The molecular weight excluding hydrogens is 284 g/mol. The number of hydrogen-bond acceptors (Lipinski definition) is 2. The number of allylic oxidation sites excluding steroid dienone is 2. The molecule has 2 heteroatoms. The molecule has 128 valence electrons. The maximum atomic E-state index is 11.8. The zero-order valence-corrected chi connectivity index (χ0v) is 15.0. The largest absolute Gasteiger partial charge is 0.390 e. The summed E-state index contributed by atoms with van der Waals surface area (Å²) < 4.78 is 0. The van der Waals surface area contributed by atoms with Gasteiger partial charge in [-0.05, 0) is 86.5 Å². The molecule has 0 radical (unpaired) electrons. The molecule has 1 N–H and O–H groups in total. The molecule has 0 aliphatic heterocycles. The highest BCUT2D eigenvalue weighted by Crippen LogP contribution is 2.64. The number of rotatable bonds is 0. The van der Waals surface area contributed by atoms with E-state index in [2.05, 4.69) is 20.8 Å². The summed E-state index contributed by atoms with van der Waals surface area (Å²) in [4.78, 5) is 11.8. The van der Waals surface area contributed by atoms with E-state index in [9.17, 15) is 9.90 Å². The van der Waals surface area contributed by atoms with E-state index in [1.807, 2.05) is 6.08 Å². The molecule has 4 unspecified atom stereocenters. The fourth-order valence-electron chi connectivity index (χ4n) is 7.06. The molecule has 0 bridgehead atoms. The monoisotopic (exact) mass is 316 g/mol. The Bertz CT molecular complexity index is 546. The van der Waals surface area contributed by atoms with Gasteiger partial charge in [-0.1, -0.05) is 25.8 Å². The second kappa shape index (κ2) is 5.18. The van der Waals surface area contributed by atoms with E-state index in [1.54, 1.807) is 0 Å². The zero-order valence-electron chi connectivity index (χ0n) is 15.0. The lowest BCUT2D eigenvalue weighted by atomic mass is 9.43. The third-order valence-corrected chi connectivity index (χ3v) is 8.44. The van der Waals surface area contributed by atoms with E-state index in [-0.39, 0.29) is 5.41 Å². The van der Waals surface area contributed by atoms with Gasteiger partial charge in [-0.2, -0.15) is 0 Å². The summed E-state index contributed by atoms with van der Waals surface area (Å²) in [6.07, 6.45) is 10.8. The fraction of sp³-hybridized carbons (Fsp3) is 0.857. The Morgan fingerprint density at radius 3 is 2.74 bits per heavy atom. The highest BCUT2D eigenvalue weighted by molar-refractivity contribution is 5.91. The summed E-state index contributed by atoms with van der Waals surface area (Å²) in [5.74, 6) is 3.83. The van der Waals surface area contributed by atoms with Crippen molar-refractivity contribution in [2.24, 2.45) is 35.0 Å². The van der Waals surface area contributed by atoms with E-state index >= 15 is 0 Å². The summed E-state index contributed by atoms with van der Waals surface area (Å²) in [7, 11) is 0. The molecule has 0 heterocycles. The molecule has 0 saturated heterocycles. The standard InChI is InChI=1S/C21H32O2/c1-13-11-14-12-15(22)6-7-16(14)17-8-10-20(2)18(19(13)17)5-4-9-21(20,3)23/h12-13,16-19,23H,4-11H2,1-3H3/t13-,16?,17?,18?,19?,20+,21+/m1/s1. The number of aliphatic hydroxyl groups is 1. The normalized spacial score (nSPS) is 53.0. The zero-order chi connectivity index (χ0) is 16.4. The SMILES string of the molecule is C[C@@H]1CC2=CC(=O)CCC2C2CC[C@@]3(C)C(CCC[C@]3(C)O)C21. The maximum absolute atomic E-state index is 11.8. The molecule has 7 atom stereocenters.